The number of carbonyl (C=O) groups excluding carboxylic acids is 1. The lowest BCUT2D eigenvalue weighted by Crippen LogP contribution is -2.29. The molecule has 9 heteroatoms. The van der Waals surface area contributed by atoms with Crippen molar-refractivity contribution < 1.29 is 35.3 Å². The number of ether oxygens (including phenoxy) is 1. The highest BCUT2D eigenvalue weighted by Gasteiger charge is 2.49. The highest BCUT2D eigenvalue weighted by molar-refractivity contribution is 7.88. The average Bonchev–Trinajstić information content (AvgIpc) is 2.29. The zero-order valence-electron chi connectivity index (χ0n) is 9.82. The van der Waals surface area contributed by atoms with Gasteiger partial charge >= 0.3 is 21.6 Å². The second kappa shape index (κ2) is 5.08. The van der Waals surface area contributed by atoms with Gasteiger partial charge in [0.25, 0.3) is 0 Å². The third-order valence-electron chi connectivity index (χ3n) is 2.09. The number of hydrogen-bond donors (Lipinski definition) is 0. The van der Waals surface area contributed by atoms with Crippen LogP contribution in [0.25, 0.3) is 0 Å². The van der Waals surface area contributed by atoms with Crippen molar-refractivity contribution in [3.05, 3.63) is 29.3 Å². The topological polar surface area (TPSA) is 69.7 Å². The molecule has 0 spiro atoms. The molecule has 1 aromatic rings. The van der Waals surface area contributed by atoms with Gasteiger partial charge in [-0.15, -0.1) is 0 Å². The number of hydrogen-bond acceptors (Lipinski definition) is 5. The molecule has 0 aliphatic heterocycles. The summed E-state index contributed by atoms with van der Waals surface area (Å²) < 4.78 is 66.9. The molecule has 0 radical (unpaired) electrons. The number of para-hydroxylation sites is 1. The van der Waals surface area contributed by atoms with E-state index in [9.17, 15) is 26.4 Å². The first kappa shape index (κ1) is 15.3. The van der Waals surface area contributed by atoms with E-state index in [-0.39, 0.29) is 5.56 Å². The van der Waals surface area contributed by atoms with Gasteiger partial charge in [0.1, 0.15) is 5.56 Å². The Bertz CT molecular complexity index is 592. The third kappa shape index (κ3) is 3.16. The van der Waals surface area contributed by atoms with Gasteiger partial charge in [0.15, 0.2) is 5.75 Å². The second-order valence-electron chi connectivity index (χ2n) is 3.43. The summed E-state index contributed by atoms with van der Waals surface area (Å²) in [5.74, 6) is -1.71. The Hall–Kier alpha value is -1.77. The number of aryl methyl sites for hydroxylation is 1. The summed E-state index contributed by atoms with van der Waals surface area (Å²) in [6.45, 7) is 1.30. The van der Waals surface area contributed by atoms with Crippen molar-refractivity contribution in [2.75, 3.05) is 7.11 Å². The Morgan fingerprint density at radius 1 is 1.26 bits per heavy atom. The summed E-state index contributed by atoms with van der Waals surface area (Å²) in [5, 5.41) is 0. The molecule has 0 N–H and O–H groups in total. The lowest BCUT2D eigenvalue weighted by atomic mass is 10.1. The molecule has 106 valence electrons. The lowest BCUT2D eigenvalue weighted by molar-refractivity contribution is -0.0500. The van der Waals surface area contributed by atoms with Crippen molar-refractivity contribution in [2.45, 2.75) is 12.4 Å². The normalized spacial score (nSPS) is 12.1. The molecule has 1 rings (SSSR count). The number of methoxy groups -OCH3 is 1. The van der Waals surface area contributed by atoms with Gasteiger partial charge in [-0.3, -0.25) is 0 Å². The van der Waals surface area contributed by atoms with Crippen LogP contribution in [0.4, 0.5) is 13.2 Å². The predicted molar refractivity (Wildman–Crippen MR) is 58.1 cm³/mol. The smallest absolute Gasteiger partial charge is 0.465 e. The van der Waals surface area contributed by atoms with E-state index in [4.69, 9.17) is 0 Å². The van der Waals surface area contributed by atoms with Crippen LogP contribution < -0.4 is 4.18 Å². The Balaban J connectivity index is 3.33. The summed E-state index contributed by atoms with van der Waals surface area (Å²) in [6.07, 6.45) is 0. The van der Waals surface area contributed by atoms with Crippen molar-refractivity contribution in [3.8, 4) is 5.75 Å². The van der Waals surface area contributed by atoms with Crippen molar-refractivity contribution in [1.82, 2.24) is 0 Å². The van der Waals surface area contributed by atoms with E-state index in [1.807, 2.05) is 0 Å². The summed E-state index contributed by atoms with van der Waals surface area (Å²) >= 11 is 0. The number of benzene rings is 1. The maximum absolute atomic E-state index is 12.2. The number of esters is 1. The van der Waals surface area contributed by atoms with Crippen molar-refractivity contribution in [2.24, 2.45) is 0 Å². The van der Waals surface area contributed by atoms with Crippen molar-refractivity contribution in [3.63, 3.8) is 0 Å². The minimum atomic E-state index is -5.85. The van der Waals surface area contributed by atoms with Gasteiger partial charge in [0.2, 0.25) is 0 Å². The molecule has 19 heavy (non-hydrogen) atoms. The van der Waals surface area contributed by atoms with Crippen LogP contribution in [0.2, 0.25) is 0 Å². The highest BCUT2D eigenvalue weighted by atomic mass is 32.2. The van der Waals surface area contributed by atoms with E-state index in [2.05, 4.69) is 8.92 Å². The van der Waals surface area contributed by atoms with E-state index >= 15 is 0 Å². The maximum atomic E-state index is 12.2. The molecule has 0 fully saturated rings. The van der Waals surface area contributed by atoms with Crippen LogP contribution in [0, 0.1) is 6.92 Å². The van der Waals surface area contributed by atoms with Gasteiger partial charge in [0, 0.05) is 0 Å². The molecule has 0 aromatic heterocycles. The number of alkyl halides is 3. The van der Waals surface area contributed by atoms with Crippen LogP contribution in [0.3, 0.4) is 0 Å². The average molecular weight is 298 g/mol. The Kier molecular flexibility index (Phi) is 4.09. The first-order valence-electron chi connectivity index (χ1n) is 4.79. The predicted octanol–water partition coefficient (Wildman–Crippen LogP) is 2.01. The van der Waals surface area contributed by atoms with Gasteiger partial charge in [0.05, 0.1) is 7.11 Å². The van der Waals surface area contributed by atoms with Gasteiger partial charge < -0.3 is 8.92 Å². The van der Waals surface area contributed by atoms with Crippen LogP contribution in [0.1, 0.15) is 15.9 Å². The maximum Gasteiger partial charge on any atom is 0.534 e. The Morgan fingerprint density at radius 3 is 2.32 bits per heavy atom. The standard InChI is InChI=1S/C10H9F3O5S/c1-6-4-3-5-7(9(14)17-2)8(6)18-19(15,16)10(11,12)13/h3-5H,1-2H3. The van der Waals surface area contributed by atoms with Crippen LogP contribution in [0.5, 0.6) is 5.75 Å². The second-order valence-corrected chi connectivity index (χ2v) is 4.96. The van der Waals surface area contributed by atoms with E-state index in [0.29, 0.717) is 0 Å². The molecule has 0 aliphatic carbocycles. The lowest BCUT2D eigenvalue weighted by Gasteiger charge is -2.13. The molecular formula is C10H9F3O5S. The summed E-state index contributed by atoms with van der Waals surface area (Å²) in [4.78, 5) is 11.3. The fourth-order valence-corrected chi connectivity index (χ4v) is 1.73. The molecule has 0 unspecified atom stereocenters. The zero-order chi connectivity index (χ0) is 14.8. The molecule has 0 aliphatic rings. The third-order valence-corrected chi connectivity index (χ3v) is 3.05. The quantitative estimate of drug-likeness (QED) is 0.485. The molecule has 5 nitrogen and oxygen atoms in total. The first-order valence-corrected chi connectivity index (χ1v) is 6.19. The monoisotopic (exact) mass is 298 g/mol. The zero-order valence-corrected chi connectivity index (χ0v) is 10.6. The van der Waals surface area contributed by atoms with Gasteiger partial charge in [-0.25, -0.2) is 4.79 Å². The molecule has 1 aromatic carbocycles. The fraction of sp³-hybridized carbons (Fsp3) is 0.300. The molecule has 0 amide bonds. The van der Waals surface area contributed by atoms with E-state index < -0.39 is 32.9 Å². The molecular weight excluding hydrogens is 289 g/mol. The summed E-state index contributed by atoms with van der Waals surface area (Å²) in [7, 11) is -4.84. The number of halogens is 3. The fourth-order valence-electron chi connectivity index (χ4n) is 1.19. The molecule has 0 bridgehead atoms. The highest BCUT2D eigenvalue weighted by Crippen LogP contribution is 2.31. The van der Waals surface area contributed by atoms with Gasteiger partial charge in [-0.1, -0.05) is 12.1 Å². The molecule has 0 saturated carbocycles. The number of rotatable bonds is 3. The van der Waals surface area contributed by atoms with Gasteiger partial charge in [-0.2, -0.15) is 21.6 Å². The first-order chi connectivity index (χ1) is 8.60. The SMILES string of the molecule is COC(=O)c1cccc(C)c1OS(=O)(=O)C(F)(F)F. The summed E-state index contributed by atoms with van der Waals surface area (Å²) in [6, 6.07) is 3.75. The van der Waals surface area contributed by atoms with E-state index in [1.165, 1.54) is 19.1 Å². The number of carbonyl (C=O) groups is 1. The minimum Gasteiger partial charge on any atom is -0.465 e. The Morgan fingerprint density at radius 2 is 1.84 bits per heavy atom. The molecule has 0 heterocycles. The molecule has 0 saturated heterocycles. The largest absolute Gasteiger partial charge is 0.534 e. The summed E-state index contributed by atoms with van der Waals surface area (Å²) in [5.41, 5.74) is -5.94. The van der Waals surface area contributed by atoms with Crippen LogP contribution in [-0.2, 0) is 14.9 Å². The molecule has 0 atom stereocenters. The van der Waals surface area contributed by atoms with Crippen LogP contribution >= 0.6 is 0 Å². The minimum absolute atomic E-state index is 0.0516. The van der Waals surface area contributed by atoms with Crippen molar-refractivity contribution in [1.29, 1.82) is 0 Å². The van der Waals surface area contributed by atoms with Crippen LogP contribution in [0.15, 0.2) is 18.2 Å². The van der Waals surface area contributed by atoms with Gasteiger partial charge in [-0.05, 0) is 18.6 Å². The van der Waals surface area contributed by atoms with Crippen molar-refractivity contribution >= 4 is 16.1 Å². The van der Waals surface area contributed by atoms with Crippen LogP contribution in [-0.4, -0.2) is 27.0 Å². The van der Waals surface area contributed by atoms with E-state index in [0.717, 1.165) is 13.2 Å². The Labute approximate surface area is 107 Å². The van der Waals surface area contributed by atoms with E-state index in [1.54, 1.807) is 0 Å².